The zero-order chi connectivity index (χ0) is 15.1. The molecule has 1 aromatic heterocycles. The summed E-state index contributed by atoms with van der Waals surface area (Å²) in [6.45, 7) is 1.58. The van der Waals surface area contributed by atoms with Crippen LogP contribution in [-0.2, 0) is 0 Å². The lowest BCUT2D eigenvalue weighted by Gasteiger charge is -2.11. The maximum absolute atomic E-state index is 12.4. The fraction of sp³-hybridized carbons (Fsp3) is 0.0667. The highest BCUT2D eigenvalue weighted by Crippen LogP contribution is 2.28. The van der Waals surface area contributed by atoms with E-state index in [1.165, 1.54) is 0 Å². The summed E-state index contributed by atoms with van der Waals surface area (Å²) >= 11 is 9.32. The topological polar surface area (TPSA) is 54.9 Å². The Labute approximate surface area is 133 Å². The normalized spacial score (nSPS) is 11.0. The van der Waals surface area contributed by atoms with E-state index >= 15 is 0 Å². The molecule has 0 atom stereocenters. The Morgan fingerprint density at radius 2 is 1.76 bits per heavy atom. The average molecular weight is 366 g/mol. The number of nitrogens with one attached hydrogen (secondary N) is 1. The Bertz CT molecular complexity index is 976. The van der Waals surface area contributed by atoms with E-state index in [-0.39, 0.29) is 5.15 Å². The maximum atomic E-state index is 12.4. The number of benzene rings is 2. The molecular weight excluding hydrogens is 356 g/mol. The minimum Gasteiger partial charge on any atom is -0.297 e. The molecule has 0 fully saturated rings. The summed E-state index contributed by atoms with van der Waals surface area (Å²) in [5.74, 6) is 0. The summed E-state index contributed by atoms with van der Waals surface area (Å²) in [5, 5.41) is 1.80. The van der Waals surface area contributed by atoms with Crippen molar-refractivity contribution in [3.05, 3.63) is 72.4 Å². The lowest BCUT2D eigenvalue weighted by molar-refractivity contribution is 0.865. The van der Waals surface area contributed by atoms with Crippen LogP contribution in [0.2, 0.25) is 5.15 Å². The van der Waals surface area contributed by atoms with Crippen LogP contribution in [-0.4, -0.2) is 9.55 Å². The number of rotatable bonds is 1. The molecule has 0 saturated carbocycles. The first-order valence-corrected chi connectivity index (χ1v) is 7.37. The number of halogens is 2. The first-order valence-electron chi connectivity index (χ1n) is 6.20. The van der Waals surface area contributed by atoms with E-state index in [1.54, 1.807) is 13.0 Å². The highest BCUT2D eigenvalue weighted by molar-refractivity contribution is 9.10. The molecule has 6 heteroatoms. The molecule has 0 aliphatic carbocycles. The Hall–Kier alpha value is -1.85. The second kappa shape index (κ2) is 5.16. The average Bonchev–Trinajstić information content (AvgIpc) is 2.47. The third-order valence-corrected chi connectivity index (χ3v) is 4.43. The molecule has 0 aliphatic heterocycles. The van der Waals surface area contributed by atoms with Gasteiger partial charge in [-0.2, -0.15) is 0 Å². The van der Waals surface area contributed by atoms with Crippen LogP contribution in [0.25, 0.3) is 16.5 Å². The van der Waals surface area contributed by atoms with Crippen molar-refractivity contribution in [1.29, 1.82) is 0 Å². The molecule has 4 nitrogen and oxygen atoms in total. The van der Waals surface area contributed by atoms with Gasteiger partial charge < -0.3 is 0 Å². The van der Waals surface area contributed by atoms with Gasteiger partial charge in [-0.3, -0.25) is 9.78 Å². The van der Waals surface area contributed by atoms with Crippen LogP contribution in [0, 0.1) is 6.92 Å². The van der Waals surface area contributed by atoms with Crippen LogP contribution in [0.15, 0.2) is 50.5 Å². The predicted octanol–water partition coefficient (Wildman–Crippen LogP) is 3.40. The van der Waals surface area contributed by atoms with Gasteiger partial charge in [-0.1, -0.05) is 51.8 Å². The van der Waals surface area contributed by atoms with E-state index in [9.17, 15) is 9.59 Å². The molecule has 0 bridgehead atoms. The van der Waals surface area contributed by atoms with E-state index < -0.39 is 11.2 Å². The van der Waals surface area contributed by atoms with Crippen molar-refractivity contribution in [3.8, 4) is 5.69 Å². The van der Waals surface area contributed by atoms with Crippen LogP contribution < -0.4 is 11.2 Å². The number of H-pyrrole nitrogens is 1. The molecule has 0 amide bonds. The van der Waals surface area contributed by atoms with Crippen molar-refractivity contribution in [2.45, 2.75) is 6.92 Å². The summed E-state index contributed by atoms with van der Waals surface area (Å²) < 4.78 is 2.01. The van der Waals surface area contributed by atoms with Crippen LogP contribution in [0.3, 0.4) is 0 Å². The molecule has 0 radical (unpaired) electrons. The van der Waals surface area contributed by atoms with E-state index in [0.29, 0.717) is 11.3 Å². The SMILES string of the molecule is Cc1c(Cl)[nH]c(=O)n(-c2ccc(Br)c3ccccc23)c1=O. The van der Waals surface area contributed by atoms with Gasteiger partial charge in [-0.05, 0) is 24.4 Å². The second-order valence-electron chi connectivity index (χ2n) is 4.62. The number of aromatic amines is 1. The highest BCUT2D eigenvalue weighted by Gasteiger charge is 2.13. The van der Waals surface area contributed by atoms with Crippen molar-refractivity contribution in [2.24, 2.45) is 0 Å². The fourth-order valence-electron chi connectivity index (χ4n) is 2.26. The molecule has 0 unspecified atom stereocenters. The fourth-order valence-corrected chi connectivity index (χ4v) is 2.90. The molecule has 1 heterocycles. The maximum Gasteiger partial charge on any atom is 0.334 e. The number of hydrogen-bond acceptors (Lipinski definition) is 2. The van der Waals surface area contributed by atoms with Gasteiger partial charge in [0.15, 0.2) is 0 Å². The molecular formula is C15H10BrClN2O2. The highest BCUT2D eigenvalue weighted by atomic mass is 79.9. The predicted molar refractivity (Wildman–Crippen MR) is 87.6 cm³/mol. The molecule has 0 saturated heterocycles. The van der Waals surface area contributed by atoms with Crippen LogP contribution in [0.4, 0.5) is 0 Å². The quantitative estimate of drug-likeness (QED) is 0.672. The summed E-state index contributed by atoms with van der Waals surface area (Å²) in [6.07, 6.45) is 0. The summed E-state index contributed by atoms with van der Waals surface area (Å²) in [4.78, 5) is 27.0. The van der Waals surface area contributed by atoms with E-state index in [2.05, 4.69) is 20.9 Å². The van der Waals surface area contributed by atoms with Gasteiger partial charge in [-0.25, -0.2) is 9.36 Å². The largest absolute Gasteiger partial charge is 0.334 e. The molecule has 1 N–H and O–H groups in total. The zero-order valence-electron chi connectivity index (χ0n) is 11.0. The summed E-state index contributed by atoms with van der Waals surface area (Å²) in [6, 6.07) is 11.1. The Balaban J connectivity index is 2.49. The third kappa shape index (κ3) is 2.22. The van der Waals surface area contributed by atoms with E-state index in [4.69, 9.17) is 11.6 Å². The van der Waals surface area contributed by atoms with Gasteiger partial charge in [0, 0.05) is 9.86 Å². The minimum atomic E-state index is -0.553. The number of hydrogen-bond donors (Lipinski definition) is 1. The van der Waals surface area contributed by atoms with Gasteiger partial charge in [0.1, 0.15) is 5.15 Å². The zero-order valence-corrected chi connectivity index (χ0v) is 13.3. The van der Waals surface area contributed by atoms with Crippen molar-refractivity contribution in [1.82, 2.24) is 9.55 Å². The van der Waals surface area contributed by atoms with E-state index in [0.717, 1.165) is 19.8 Å². The number of nitrogens with zero attached hydrogens (tertiary/aromatic N) is 1. The Morgan fingerprint density at radius 3 is 2.48 bits per heavy atom. The molecule has 3 rings (SSSR count). The molecule has 0 spiro atoms. The van der Waals surface area contributed by atoms with Gasteiger partial charge in [0.2, 0.25) is 0 Å². The van der Waals surface area contributed by atoms with Crippen LogP contribution in [0.5, 0.6) is 0 Å². The van der Waals surface area contributed by atoms with E-state index in [1.807, 2.05) is 30.3 Å². The molecule has 3 aromatic rings. The molecule has 21 heavy (non-hydrogen) atoms. The summed E-state index contributed by atoms with van der Waals surface area (Å²) in [7, 11) is 0. The Kier molecular flexibility index (Phi) is 3.47. The lowest BCUT2D eigenvalue weighted by Crippen LogP contribution is -2.35. The number of fused-ring (bicyclic) bond motifs is 1. The minimum absolute atomic E-state index is 0.0719. The van der Waals surface area contributed by atoms with Crippen molar-refractivity contribution in [2.75, 3.05) is 0 Å². The number of aromatic nitrogens is 2. The van der Waals surface area contributed by atoms with Gasteiger partial charge in [0.25, 0.3) is 5.56 Å². The molecule has 2 aromatic carbocycles. The summed E-state index contributed by atoms with van der Waals surface area (Å²) in [5.41, 5.74) is -0.137. The van der Waals surface area contributed by atoms with Crippen molar-refractivity contribution < 1.29 is 0 Å². The lowest BCUT2D eigenvalue weighted by atomic mass is 10.1. The third-order valence-electron chi connectivity index (χ3n) is 3.36. The van der Waals surface area contributed by atoms with Crippen LogP contribution in [0.1, 0.15) is 5.56 Å². The monoisotopic (exact) mass is 364 g/mol. The van der Waals surface area contributed by atoms with Gasteiger partial charge in [0.05, 0.1) is 11.3 Å². The van der Waals surface area contributed by atoms with Gasteiger partial charge >= 0.3 is 5.69 Å². The van der Waals surface area contributed by atoms with Crippen LogP contribution >= 0.6 is 27.5 Å². The first-order chi connectivity index (χ1) is 10.0. The first kappa shape index (κ1) is 14.1. The molecule has 106 valence electrons. The van der Waals surface area contributed by atoms with Crippen molar-refractivity contribution in [3.63, 3.8) is 0 Å². The standard InChI is InChI=1S/C15H10BrClN2O2/c1-8-13(17)18-15(21)19(14(8)20)12-7-6-11(16)9-4-2-3-5-10(9)12/h2-7H,1H3,(H,18,21). The smallest absolute Gasteiger partial charge is 0.297 e. The Morgan fingerprint density at radius 1 is 1.10 bits per heavy atom. The second-order valence-corrected chi connectivity index (χ2v) is 5.85. The van der Waals surface area contributed by atoms with Crippen molar-refractivity contribution >= 4 is 38.3 Å². The van der Waals surface area contributed by atoms with Gasteiger partial charge in [-0.15, -0.1) is 0 Å². The molecule has 0 aliphatic rings.